The summed E-state index contributed by atoms with van der Waals surface area (Å²) in [4.78, 5) is 20.5. The number of piperazine rings is 1. The molecule has 1 fully saturated rings. The van der Waals surface area contributed by atoms with Crippen LogP contribution in [0.4, 0.5) is 10.6 Å². The number of carbonyl (C=O) groups excluding carboxylic acids is 1. The lowest BCUT2D eigenvalue weighted by atomic mass is 10.2. The number of aryl methyl sites for hydroxylation is 1. The first-order valence-electron chi connectivity index (χ1n) is 8.30. The van der Waals surface area contributed by atoms with E-state index in [0.717, 1.165) is 23.7 Å². The van der Waals surface area contributed by atoms with Gasteiger partial charge in [0.15, 0.2) is 5.82 Å². The van der Waals surface area contributed by atoms with Gasteiger partial charge in [-0.05, 0) is 20.8 Å². The van der Waals surface area contributed by atoms with Gasteiger partial charge < -0.3 is 14.5 Å². The maximum Gasteiger partial charge on any atom is 0.410 e. The van der Waals surface area contributed by atoms with Crippen molar-refractivity contribution < 1.29 is 9.53 Å². The molecule has 1 saturated heterocycles. The van der Waals surface area contributed by atoms with E-state index in [0.29, 0.717) is 26.2 Å². The van der Waals surface area contributed by atoms with Gasteiger partial charge in [0.25, 0.3) is 0 Å². The Labute approximate surface area is 141 Å². The van der Waals surface area contributed by atoms with Crippen LogP contribution in [0, 0.1) is 0 Å². The number of ether oxygens (including phenoxy) is 1. The van der Waals surface area contributed by atoms with E-state index in [9.17, 15) is 4.79 Å². The van der Waals surface area contributed by atoms with E-state index in [4.69, 9.17) is 4.74 Å². The fraction of sp³-hybridized carbons (Fsp3) is 0.625. The second-order valence-corrected chi connectivity index (χ2v) is 6.87. The predicted molar refractivity (Wildman–Crippen MR) is 90.2 cm³/mol. The van der Waals surface area contributed by atoms with Crippen LogP contribution in [0.3, 0.4) is 0 Å². The van der Waals surface area contributed by atoms with E-state index >= 15 is 0 Å². The summed E-state index contributed by atoms with van der Waals surface area (Å²) < 4.78 is 7.41. The normalized spacial score (nSPS) is 15.8. The Morgan fingerprint density at radius 1 is 1.21 bits per heavy atom. The zero-order valence-electron chi connectivity index (χ0n) is 14.7. The molecule has 0 spiro atoms. The van der Waals surface area contributed by atoms with Crippen molar-refractivity contribution in [1.29, 1.82) is 0 Å². The monoisotopic (exact) mass is 332 g/mol. The quantitative estimate of drug-likeness (QED) is 0.834. The molecule has 0 atom stereocenters. The fourth-order valence-corrected chi connectivity index (χ4v) is 2.75. The molecule has 0 aliphatic carbocycles. The van der Waals surface area contributed by atoms with Crippen LogP contribution < -0.4 is 4.90 Å². The van der Waals surface area contributed by atoms with Gasteiger partial charge in [0.2, 0.25) is 5.65 Å². The standard InChI is InChI=1S/C16H24N6O2/c1-5-12-18-19-14-13(17-6-7-22(12)14)20-8-10-21(11-9-20)15(23)24-16(2,3)4/h6-7H,5,8-11H2,1-4H3. The van der Waals surface area contributed by atoms with Crippen molar-refractivity contribution in [3.8, 4) is 0 Å². The van der Waals surface area contributed by atoms with Crippen LogP contribution in [-0.2, 0) is 11.2 Å². The van der Waals surface area contributed by atoms with Crippen molar-refractivity contribution in [2.75, 3.05) is 31.1 Å². The third-order valence-electron chi connectivity index (χ3n) is 3.93. The molecule has 8 nitrogen and oxygen atoms in total. The SMILES string of the molecule is CCc1nnc2c(N3CCN(C(=O)OC(C)(C)C)CC3)nccn12. The van der Waals surface area contributed by atoms with E-state index in [1.165, 1.54) is 0 Å². The molecule has 24 heavy (non-hydrogen) atoms. The molecule has 1 aliphatic heterocycles. The molecule has 0 unspecified atom stereocenters. The van der Waals surface area contributed by atoms with Gasteiger partial charge in [-0.15, -0.1) is 10.2 Å². The highest BCUT2D eigenvalue weighted by atomic mass is 16.6. The first kappa shape index (κ1) is 16.5. The largest absolute Gasteiger partial charge is 0.444 e. The lowest BCUT2D eigenvalue weighted by Gasteiger charge is -2.36. The highest BCUT2D eigenvalue weighted by Crippen LogP contribution is 2.20. The molecule has 8 heteroatoms. The summed E-state index contributed by atoms with van der Waals surface area (Å²) in [5.74, 6) is 1.73. The Kier molecular flexibility index (Phi) is 4.29. The molecular formula is C16H24N6O2. The van der Waals surface area contributed by atoms with Crippen LogP contribution in [0.5, 0.6) is 0 Å². The smallest absolute Gasteiger partial charge is 0.410 e. The number of nitrogens with zero attached hydrogens (tertiary/aromatic N) is 6. The molecule has 1 aliphatic rings. The van der Waals surface area contributed by atoms with Crippen LogP contribution in [0.25, 0.3) is 5.65 Å². The Morgan fingerprint density at radius 2 is 1.92 bits per heavy atom. The van der Waals surface area contributed by atoms with Crippen LogP contribution in [0.2, 0.25) is 0 Å². The summed E-state index contributed by atoms with van der Waals surface area (Å²) in [6, 6.07) is 0. The summed E-state index contributed by atoms with van der Waals surface area (Å²) in [7, 11) is 0. The van der Waals surface area contributed by atoms with E-state index in [-0.39, 0.29) is 6.09 Å². The highest BCUT2D eigenvalue weighted by molar-refractivity contribution is 5.69. The summed E-state index contributed by atoms with van der Waals surface area (Å²) in [5.41, 5.74) is 0.291. The average molecular weight is 332 g/mol. The molecule has 3 rings (SSSR count). The number of hydrogen-bond donors (Lipinski definition) is 0. The minimum atomic E-state index is -0.473. The molecule has 0 N–H and O–H groups in total. The van der Waals surface area contributed by atoms with Gasteiger partial charge in [-0.2, -0.15) is 0 Å². The van der Waals surface area contributed by atoms with E-state index in [1.54, 1.807) is 11.1 Å². The van der Waals surface area contributed by atoms with Crippen molar-refractivity contribution in [3.05, 3.63) is 18.2 Å². The summed E-state index contributed by atoms with van der Waals surface area (Å²) >= 11 is 0. The molecular weight excluding hydrogens is 308 g/mol. The summed E-state index contributed by atoms with van der Waals surface area (Å²) in [6.07, 6.45) is 4.21. The summed E-state index contributed by atoms with van der Waals surface area (Å²) in [6.45, 7) is 10.3. The van der Waals surface area contributed by atoms with Gasteiger partial charge in [-0.25, -0.2) is 9.78 Å². The number of carbonyl (C=O) groups is 1. The maximum atomic E-state index is 12.2. The first-order chi connectivity index (χ1) is 11.4. The van der Waals surface area contributed by atoms with Crippen LogP contribution in [0.15, 0.2) is 12.4 Å². The van der Waals surface area contributed by atoms with Crippen LogP contribution in [0.1, 0.15) is 33.5 Å². The number of fused-ring (bicyclic) bond motifs is 1. The van der Waals surface area contributed by atoms with Gasteiger partial charge in [0, 0.05) is 45.0 Å². The number of aromatic nitrogens is 4. The lowest BCUT2D eigenvalue weighted by Crippen LogP contribution is -2.50. The topological polar surface area (TPSA) is 75.9 Å². The molecule has 1 amide bonds. The second kappa shape index (κ2) is 6.26. The van der Waals surface area contributed by atoms with Crippen molar-refractivity contribution >= 4 is 17.6 Å². The van der Waals surface area contributed by atoms with Crippen LogP contribution >= 0.6 is 0 Å². The highest BCUT2D eigenvalue weighted by Gasteiger charge is 2.27. The van der Waals surface area contributed by atoms with Gasteiger partial charge >= 0.3 is 6.09 Å². The number of anilines is 1. The van der Waals surface area contributed by atoms with Crippen LogP contribution in [-0.4, -0.2) is 62.4 Å². The Balaban J connectivity index is 1.71. The van der Waals surface area contributed by atoms with Gasteiger partial charge in [0.05, 0.1) is 0 Å². The van der Waals surface area contributed by atoms with Crippen molar-refractivity contribution in [1.82, 2.24) is 24.5 Å². The molecule has 0 bridgehead atoms. The Bertz CT molecular complexity index is 728. The molecule has 2 aromatic rings. The average Bonchev–Trinajstić information content (AvgIpc) is 2.96. The Morgan fingerprint density at radius 3 is 2.54 bits per heavy atom. The van der Waals surface area contributed by atoms with Crippen molar-refractivity contribution in [2.45, 2.75) is 39.7 Å². The number of hydrogen-bond acceptors (Lipinski definition) is 6. The van der Waals surface area contributed by atoms with Gasteiger partial charge in [-0.3, -0.25) is 4.40 Å². The fourth-order valence-electron chi connectivity index (χ4n) is 2.75. The minimum Gasteiger partial charge on any atom is -0.444 e. The number of rotatable bonds is 2. The molecule has 3 heterocycles. The lowest BCUT2D eigenvalue weighted by molar-refractivity contribution is 0.0240. The van der Waals surface area contributed by atoms with E-state index < -0.39 is 5.60 Å². The minimum absolute atomic E-state index is 0.260. The van der Waals surface area contributed by atoms with E-state index in [2.05, 4.69) is 27.0 Å². The van der Waals surface area contributed by atoms with Gasteiger partial charge in [0.1, 0.15) is 11.4 Å². The van der Waals surface area contributed by atoms with Crippen molar-refractivity contribution in [2.24, 2.45) is 0 Å². The van der Waals surface area contributed by atoms with Gasteiger partial charge in [-0.1, -0.05) is 6.92 Å². The zero-order valence-corrected chi connectivity index (χ0v) is 14.7. The molecule has 2 aromatic heterocycles. The second-order valence-electron chi connectivity index (χ2n) is 6.87. The maximum absolute atomic E-state index is 12.2. The summed E-state index contributed by atoms with van der Waals surface area (Å²) in [5, 5.41) is 8.49. The molecule has 0 aromatic carbocycles. The molecule has 130 valence electrons. The van der Waals surface area contributed by atoms with E-state index in [1.807, 2.05) is 31.4 Å². The third kappa shape index (κ3) is 3.27. The number of amides is 1. The zero-order chi connectivity index (χ0) is 17.3. The molecule has 0 saturated carbocycles. The van der Waals surface area contributed by atoms with Crippen molar-refractivity contribution in [3.63, 3.8) is 0 Å². The predicted octanol–water partition coefficient (Wildman–Crippen LogP) is 1.74. The molecule has 0 radical (unpaired) electrons. The third-order valence-corrected chi connectivity index (χ3v) is 3.93. The Hall–Kier alpha value is -2.38. The first-order valence-corrected chi connectivity index (χ1v) is 8.30.